The number of carbonyl (C=O) groups is 1. The fourth-order valence-electron chi connectivity index (χ4n) is 6.75. The first kappa shape index (κ1) is 15.4. The van der Waals surface area contributed by atoms with Crippen LogP contribution in [0.2, 0.25) is 0 Å². The van der Waals surface area contributed by atoms with Crippen LogP contribution in [-0.2, 0) is 16.6 Å². The number of fused-ring (bicyclic) bond motifs is 5. The van der Waals surface area contributed by atoms with E-state index in [2.05, 4.69) is 27.7 Å². The highest BCUT2D eigenvalue weighted by Gasteiger charge is 2.63. The third kappa shape index (κ3) is 1.77. The van der Waals surface area contributed by atoms with Crippen molar-refractivity contribution in [1.29, 1.82) is 0 Å². The number of furan rings is 1. The smallest absolute Gasteiger partial charge is 0.162 e. The van der Waals surface area contributed by atoms with E-state index in [1.807, 2.05) is 12.5 Å². The van der Waals surface area contributed by atoms with Crippen LogP contribution in [0, 0.1) is 22.7 Å². The Morgan fingerprint density at radius 1 is 1.13 bits per heavy atom. The third-order valence-corrected chi connectivity index (χ3v) is 7.84. The van der Waals surface area contributed by atoms with Crippen LogP contribution in [0.5, 0.6) is 0 Å². The van der Waals surface area contributed by atoms with E-state index in [0.717, 1.165) is 25.7 Å². The van der Waals surface area contributed by atoms with Crippen molar-refractivity contribution in [2.75, 3.05) is 0 Å². The molecule has 126 valence electrons. The quantitative estimate of drug-likeness (QED) is 0.790. The van der Waals surface area contributed by atoms with Gasteiger partial charge in [0.25, 0.3) is 0 Å². The Balaban J connectivity index is 1.82. The van der Waals surface area contributed by atoms with E-state index in [1.54, 1.807) is 0 Å². The lowest BCUT2D eigenvalue weighted by Crippen LogP contribution is -2.63. The second kappa shape index (κ2) is 4.50. The molecule has 5 atom stereocenters. The molecule has 2 fully saturated rings. The van der Waals surface area contributed by atoms with Crippen molar-refractivity contribution in [3.8, 4) is 0 Å². The topological polar surface area (TPSA) is 50.4 Å². The maximum absolute atomic E-state index is 12.6. The Labute approximate surface area is 138 Å². The molecule has 1 aromatic heterocycles. The molecule has 3 heteroatoms. The van der Waals surface area contributed by atoms with Gasteiger partial charge in [-0.3, -0.25) is 4.79 Å². The molecule has 1 aromatic rings. The van der Waals surface area contributed by atoms with E-state index in [4.69, 9.17) is 4.42 Å². The monoisotopic (exact) mass is 316 g/mol. The van der Waals surface area contributed by atoms with E-state index in [1.165, 1.54) is 11.1 Å². The van der Waals surface area contributed by atoms with Gasteiger partial charge in [0.2, 0.25) is 0 Å². The first-order valence-corrected chi connectivity index (χ1v) is 8.97. The van der Waals surface area contributed by atoms with Crippen molar-refractivity contribution in [3.05, 3.63) is 23.7 Å². The van der Waals surface area contributed by atoms with Crippen LogP contribution in [0.1, 0.15) is 64.5 Å². The van der Waals surface area contributed by atoms with Crippen molar-refractivity contribution >= 4 is 5.78 Å². The summed E-state index contributed by atoms with van der Waals surface area (Å²) in [5.41, 5.74) is 2.46. The van der Waals surface area contributed by atoms with Crippen molar-refractivity contribution in [2.24, 2.45) is 22.7 Å². The zero-order valence-corrected chi connectivity index (χ0v) is 14.7. The number of hydrogen-bond donors (Lipinski definition) is 1. The maximum atomic E-state index is 12.6. The van der Waals surface area contributed by atoms with Crippen LogP contribution < -0.4 is 0 Å². The molecule has 0 amide bonds. The molecule has 3 aliphatic rings. The number of aliphatic hydroxyl groups excluding tert-OH is 1. The standard InChI is InChI=1S/C20H28O3/c1-18(2)15-7-8-19(3)13-11-23-10-12(13)5-6-16(19)20(15,4)9-14(21)17(18)22/h10-11,15-17,22H,5-9H2,1-4H3/t15-,16-,17+,19-,20-/m0/s1. The Hall–Kier alpha value is -1.09. The minimum atomic E-state index is -0.807. The normalized spacial score (nSPS) is 45.1. The average molecular weight is 316 g/mol. The van der Waals surface area contributed by atoms with Gasteiger partial charge in [-0.1, -0.05) is 27.7 Å². The average Bonchev–Trinajstić information content (AvgIpc) is 2.94. The molecule has 3 nitrogen and oxygen atoms in total. The molecular formula is C20H28O3. The lowest BCUT2D eigenvalue weighted by atomic mass is 9.40. The summed E-state index contributed by atoms with van der Waals surface area (Å²) in [6.45, 7) is 8.87. The van der Waals surface area contributed by atoms with Crippen molar-refractivity contribution in [3.63, 3.8) is 0 Å². The molecule has 1 heterocycles. The van der Waals surface area contributed by atoms with Gasteiger partial charge in [-0.2, -0.15) is 0 Å². The molecular weight excluding hydrogens is 288 g/mol. The van der Waals surface area contributed by atoms with Gasteiger partial charge < -0.3 is 9.52 Å². The molecule has 0 saturated heterocycles. The van der Waals surface area contributed by atoms with Gasteiger partial charge in [0.1, 0.15) is 6.10 Å². The van der Waals surface area contributed by atoms with Crippen molar-refractivity contribution in [2.45, 2.75) is 71.3 Å². The van der Waals surface area contributed by atoms with Gasteiger partial charge in [0.15, 0.2) is 5.78 Å². The highest BCUT2D eigenvalue weighted by atomic mass is 16.3. The first-order valence-electron chi connectivity index (χ1n) is 8.97. The number of ketones is 1. The minimum absolute atomic E-state index is 0.0260. The van der Waals surface area contributed by atoms with Gasteiger partial charge in [-0.25, -0.2) is 0 Å². The summed E-state index contributed by atoms with van der Waals surface area (Å²) in [6, 6.07) is 0. The predicted octanol–water partition coefficient (Wildman–Crippen LogP) is 3.88. The summed E-state index contributed by atoms with van der Waals surface area (Å²) in [5, 5.41) is 10.5. The number of carbonyl (C=O) groups excluding carboxylic acids is 1. The van der Waals surface area contributed by atoms with Gasteiger partial charge in [-0.05, 0) is 59.5 Å². The summed E-state index contributed by atoms with van der Waals surface area (Å²) >= 11 is 0. The van der Waals surface area contributed by atoms with Gasteiger partial charge >= 0.3 is 0 Å². The van der Waals surface area contributed by atoms with Crippen LogP contribution in [0.25, 0.3) is 0 Å². The first-order chi connectivity index (χ1) is 10.7. The molecule has 0 unspecified atom stereocenters. The highest BCUT2D eigenvalue weighted by Crippen LogP contribution is 2.66. The molecule has 23 heavy (non-hydrogen) atoms. The van der Waals surface area contributed by atoms with Crippen LogP contribution in [0.3, 0.4) is 0 Å². The van der Waals surface area contributed by atoms with Gasteiger partial charge in [0, 0.05) is 11.8 Å². The predicted molar refractivity (Wildman–Crippen MR) is 88.1 cm³/mol. The Kier molecular flexibility index (Phi) is 3.02. The van der Waals surface area contributed by atoms with E-state index in [-0.39, 0.29) is 22.0 Å². The second-order valence-electron chi connectivity index (χ2n) is 9.28. The lowest BCUT2D eigenvalue weighted by Gasteiger charge is -2.64. The number of Topliss-reactive ketones (excluding diaryl/α,β-unsaturated/α-hetero) is 1. The number of rotatable bonds is 0. The fraction of sp³-hybridized carbons (Fsp3) is 0.750. The molecule has 4 rings (SSSR count). The molecule has 3 aliphatic carbocycles. The van der Waals surface area contributed by atoms with E-state index in [0.29, 0.717) is 18.3 Å². The Morgan fingerprint density at radius 2 is 1.87 bits per heavy atom. The second-order valence-corrected chi connectivity index (χ2v) is 9.28. The zero-order chi connectivity index (χ0) is 16.6. The fourth-order valence-corrected chi connectivity index (χ4v) is 6.75. The van der Waals surface area contributed by atoms with Crippen LogP contribution in [0.15, 0.2) is 16.9 Å². The van der Waals surface area contributed by atoms with Gasteiger partial charge in [0.05, 0.1) is 12.5 Å². The lowest BCUT2D eigenvalue weighted by molar-refractivity contribution is -0.174. The number of aliphatic hydroxyl groups is 1. The summed E-state index contributed by atoms with van der Waals surface area (Å²) in [4.78, 5) is 12.6. The summed E-state index contributed by atoms with van der Waals surface area (Å²) in [7, 11) is 0. The number of aryl methyl sites for hydroxylation is 1. The van der Waals surface area contributed by atoms with Crippen molar-refractivity contribution in [1.82, 2.24) is 0 Å². The summed E-state index contributed by atoms with van der Waals surface area (Å²) in [5.74, 6) is 0.916. The zero-order valence-electron chi connectivity index (χ0n) is 14.7. The molecule has 0 bridgehead atoms. The van der Waals surface area contributed by atoms with Crippen LogP contribution in [-0.4, -0.2) is 17.0 Å². The Bertz CT molecular complexity index is 658. The molecule has 0 spiro atoms. The molecule has 1 N–H and O–H groups in total. The molecule has 0 aliphatic heterocycles. The van der Waals surface area contributed by atoms with E-state index in [9.17, 15) is 9.90 Å². The third-order valence-electron chi connectivity index (χ3n) is 7.84. The molecule has 0 radical (unpaired) electrons. The van der Waals surface area contributed by atoms with Gasteiger partial charge in [-0.15, -0.1) is 0 Å². The molecule has 2 saturated carbocycles. The van der Waals surface area contributed by atoms with Crippen LogP contribution >= 0.6 is 0 Å². The largest absolute Gasteiger partial charge is 0.472 e. The highest BCUT2D eigenvalue weighted by molar-refractivity contribution is 5.85. The van der Waals surface area contributed by atoms with E-state index >= 15 is 0 Å². The van der Waals surface area contributed by atoms with Crippen molar-refractivity contribution < 1.29 is 14.3 Å². The number of hydrogen-bond acceptors (Lipinski definition) is 3. The SMILES string of the molecule is CC1(C)[C@H](O)C(=O)C[C@]2(C)[C@H]3CCc4cocc4[C@]3(C)CC[C@@H]12. The minimum Gasteiger partial charge on any atom is -0.472 e. The van der Waals surface area contributed by atoms with Crippen LogP contribution in [0.4, 0.5) is 0 Å². The van der Waals surface area contributed by atoms with E-state index < -0.39 is 6.10 Å². The summed E-state index contributed by atoms with van der Waals surface area (Å²) in [6.07, 6.45) is 7.93. The summed E-state index contributed by atoms with van der Waals surface area (Å²) < 4.78 is 5.52. The Morgan fingerprint density at radius 3 is 2.61 bits per heavy atom. The molecule has 0 aromatic carbocycles. The maximum Gasteiger partial charge on any atom is 0.162 e.